The lowest BCUT2D eigenvalue weighted by Crippen LogP contribution is -2.07. The van der Waals surface area contributed by atoms with E-state index in [1.165, 1.54) is 57.8 Å². The van der Waals surface area contributed by atoms with Crippen LogP contribution in [0.5, 0.6) is 0 Å². The lowest BCUT2D eigenvalue weighted by atomic mass is 9.97. The van der Waals surface area contributed by atoms with Crippen LogP contribution in [0.25, 0.3) is 0 Å². The maximum atomic E-state index is 9.92. The summed E-state index contributed by atoms with van der Waals surface area (Å²) in [5.74, 6) is 1.72. The molecule has 1 nitrogen and oxygen atoms in total. The molecule has 0 aromatic rings. The predicted molar refractivity (Wildman–Crippen MR) is 86.5 cm³/mol. The van der Waals surface area contributed by atoms with Crippen molar-refractivity contribution in [1.82, 2.24) is 0 Å². The van der Waals surface area contributed by atoms with Gasteiger partial charge in [-0.3, -0.25) is 0 Å². The van der Waals surface area contributed by atoms with Gasteiger partial charge in [-0.2, -0.15) is 0 Å². The maximum absolute atomic E-state index is 9.92. The first-order chi connectivity index (χ1) is 9.10. The Bertz CT molecular complexity index is 179. The van der Waals surface area contributed by atoms with Crippen LogP contribution in [-0.2, 0) is 0 Å². The Hall–Kier alpha value is -0.0400. The molecule has 0 radical (unpaired) electrons. The van der Waals surface area contributed by atoms with Gasteiger partial charge in [-0.15, -0.1) is 0 Å². The van der Waals surface area contributed by atoms with Crippen molar-refractivity contribution in [1.29, 1.82) is 0 Å². The highest BCUT2D eigenvalue weighted by atomic mass is 16.3. The van der Waals surface area contributed by atoms with Crippen molar-refractivity contribution in [3.05, 3.63) is 0 Å². The van der Waals surface area contributed by atoms with Crippen LogP contribution in [0.1, 0.15) is 98.3 Å². The first-order valence-electron chi connectivity index (χ1n) is 8.78. The Morgan fingerprint density at radius 2 is 1.05 bits per heavy atom. The lowest BCUT2D eigenvalue weighted by molar-refractivity contribution is 0.145. The summed E-state index contributed by atoms with van der Waals surface area (Å²) >= 11 is 0. The van der Waals surface area contributed by atoms with Crippen molar-refractivity contribution < 1.29 is 5.11 Å². The monoisotopic (exact) mass is 270 g/mol. The summed E-state index contributed by atoms with van der Waals surface area (Å²) in [6.45, 7) is 9.19. The third-order valence-electron chi connectivity index (χ3n) is 4.61. The number of aliphatic hydroxyl groups is 1. The van der Waals surface area contributed by atoms with Gasteiger partial charge in [0.25, 0.3) is 0 Å². The molecule has 0 spiro atoms. The molecule has 3 atom stereocenters. The van der Waals surface area contributed by atoms with Crippen LogP contribution in [0.4, 0.5) is 0 Å². The van der Waals surface area contributed by atoms with Crippen LogP contribution in [0.2, 0.25) is 0 Å². The van der Waals surface area contributed by atoms with Gasteiger partial charge in [-0.05, 0) is 24.7 Å². The highest BCUT2D eigenvalue weighted by molar-refractivity contribution is 4.59. The number of rotatable bonds is 13. The summed E-state index contributed by atoms with van der Waals surface area (Å²) < 4.78 is 0. The quantitative estimate of drug-likeness (QED) is 0.410. The zero-order chi connectivity index (χ0) is 14.5. The smallest absolute Gasteiger partial charge is 0.0540 e. The summed E-state index contributed by atoms with van der Waals surface area (Å²) in [7, 11) is 0. The zero-order valence-corrected chi connectivity index (χ0v) is 14.0. The van der Waals surface area contributed by atoms with Crippen LogP contribution in [0.3, 0.4) is 0 Å². The fraction of sp³-hybridized carbons (Fsp3) is 1.00. The highest BCUT2D eigenvalue weighted by Gasteiger charge is 2.06. The molecule has 0 rings (SSSR count). The predicted octanol–water partition coefficient (Wildman–Crippen LogP) is 5.95. The molecule has 0 aliphatic carbocycles. The molecule has 0 saturated heterocycles. The second-order valence-electron chi connectivity index (χ2n) is 6.60. The molecule has 116 valence electrons. The fourth-order valence-corrected chi connectivity index (χ4v) is 2.48. The van der Waals surface area contributed by atoms with Crippen molar-refractivity contribution in [2.45, 2.75) is 104 Å². The van der Waals surface area contributed by atoms with E-state index in [1.54, 1.807) is 0 Å². The van der Waals surface area contributed by atoms with Crippen molar-refractivity contribution in [3.63, 3.8) is 0 Å². The Morgan fingerprint density at radius 3 is 1.58 bits per heavy atom. The number of aliphatic hydroxyl groups excluding tert-OH is 1. The summed E-state index contributed by atoms with van der Waals surface area (Å²) in [6, 6.07) is 0. The molecule has 0 bridgehead atoms. The van der Waals surface area contributed by atoms with Gasteiger partial charge in [-0.1, -0.05) is 85.5 Å². The SMILES string of the molecule is CCC(C)CCCCCCC(O)CCCC(C)CC. The molecule has 0 fully saturated rings. The molecule has 0 amide bonds. The van der Waals surface area contributed by atoms with E-state index in [4.69, 9.17) is 0 Å². The standard InChI is InChI=1S/C18H38O/c1-5-16(3)12-9-7-8-10-14-18(19)15-11-13-17(4)6-2/h16-19H,5-15H2,1-4H3. The Morgan fingerprint density at radius 1 is 0.632 bits per heavy atom. The van der Waals surface area contributed by atoms with E-state index >= 15 is 0 Å². The fourth-order valence-electron chi connectivity index (χ4n) is 2.48. The van der Waals surface area contributed by atoms with Crippen LogP contribution in [0, 0.1) is 11.8 Å². The van der Waals surface area contributed by atoms with E-state index in [-0.39, 0.29) is 6.10 Å². The van der Waals surface area contributed by atoms with Gasteiger partial charge in [0.05, 0.1) is 6.10 Å². The average Bonchev–Trinajstić information content (AvgIpc) is 2.41. The molecule has 0 aromatic heterocycles. The van der Waals surface area contributed by atoms with Crippen molar-refractivity contribution in [2.75, 3.05) is 0 Å². The first kappa shape index (κ1) is 19.0. The van der Waals surface area contributed by atoms with E-state index in [0.29, 0.717) is 0 Å². The Balaban J connectivity index is 3.27. The average molecular weight is 271 g/mol. The summed E-state index contributed by atoms with van der Waals surface area (Å²) in [4.78, 5) is 0. The second-order valence-corrected chi connectivity index (χ2v) is 6.60. The molecule has 1 N–H and O–H groups in total. The van der Waals surface area contributed by atoms with E-state index in [9.17, 15) is 5.11 Å². The molecular weight excluding hydrogens is 232 g/mol. The molecule has 0 heterocycles. The van der Waals surface area contributed by atoms with Crippen molar-refractivity contribution in [3.8, 4) is 0 Å². The lowest BCUT2D eigenvalue weighted by Gasteiger charge is -2.12. The van der Waals surface area contributed by atoms with Gasteiger partial charge in [0.1, 0.15) is 0 Å². The molecule has 0 aromatic carbocycles. The Kier molecular flexibility index (Phi) is 12.9. The molecule has 0 aliphatic rings. The molecule has 1 heteroatoms. The van der Waals surface area contributed by atoms with Crippen molar-refractivity contribution >= 4 is 0 Å². The topological polar surface area (TPSA) is 20.2 Å². The van der Waals surface area contributed by atoms with Crippen LogP contribution in [-0.4, -0.2) is 11.2 Å². The molecule has 3 unspecified atom stereocenters. The van der Waals surface area contributed by atoms with Crippen LogP contribution in [0.15, 0.2) is 0 Å². The summed E-state index contributed by atoms with van der Waals surface area (Å²) in [6.07, 6.45) is 13.7. The van der Waals surface area contributed by atoms with E-state index in [0.717, 1.165) is 24.7 Å². The van der Waals surface area contributed by atoms with Gasteiger partial charge in [-0.25, -0.2) is 0 Å². The van der Waals surface area contributed by atoms with Gasteiger partial charge < -0.3 is 5.11 Å². The van der Waals surface area contributed by atoms with Gasteiger partial charge >= 0.3 is 0 Å². The number of unbranched alkanes of at least 4 members (excludes halogenated alkanes) is 3. The first-order valence-corrected chi connectivity index (χ1v) is 8.78. The summed E-state index contributed by atoms with van der Waals surface area (Å²) in [5, 5.41) is 9.92. The second kappa shape index (κ2) is 13.0. The van der Waals surface area contributed by atoms with Crippen molar-refractivity contribution in [2.24, 2.45) is 11.8 Å². The van der Waals surface area contributed by atoms with Gasteiger partial charge in [0.15, 0.2) is 0 Å². The van der Waals surface area contributed by atoms with Gasteiger partial charge in [0, 0.05) is 0 Å². The van der Waals surface area contributed by atoms with Crippen LogP contribution < -0.4 is 0 Å². The summed E-state index contributed by atoms with van der Waals surface area (Å²) in [5.41, 5.74) is 0. The van der Waals surface area contributed by atoms with Gasteiger partial charge in [0.2, 0.25) is 0 Å². The van der Waals surface area contributed by atoms with E-state index in [2.05, 4.69) is 27.7 Å². The Labute approximate surface area is 122 Å². The van der Waals surface area contributed by atoms with E-state index in [1.807, 2.05) is 0 Å². The third-order valence-corrected chi connectivity index (χ3v) is 4.61. The minimum absolute atomic E-state index is 0.0429. The third kappa shape index (κ3) is 12.7. The molecule has 0 aliphatic heterocycles. The molecule has 19 heavy (non-hydrogen) atoms. The normalized spacial score (nSPS) is 16.3. The minimum Gasteiger partial charge on any atom is -0.393 e. The molecule has 0 saturated carbocycles. The zero-order valence-electron chi connectivity index (χ0n) is 14.0. The van der Waals surface area contributed by atoms with E-state index < -0.39 is 0 Å². The largest absolute Gasteiger partial charge is 0.393 e. The minimum atomic E-state index is -0.0429. The number of hydrogen-bond donors (Lipinski definition) is 1. The van der Waals surface area contributed by atoms with Crippen LogP contribution >= 0.6 is 0 Å². The number of hydrogen-bond acceptors (Lipinski definition) is 1. The highest BCUT2D eigenvalue weighted by Crippen LogP contribution is 2.17. The molecular formula is C18H38O. The maximum Gasteiger partial charge on any atom is 0.0540 e.